The van der Waals surface area contributed by atoms with E-state index in [-0.39, 0.29) is 23.5 Å². The van der Waals surface area contributed by atoms with E-state index in [2.05, 4.69) is 4.74 Å². The van der Waals surface area contributed by atoms with Crippen molar-refractivity contribution in [3.05, 3.63) is 23.8 Å². The normalized spacial score (nSPS) is 9.00. The van der Waals surface area contributed by atoms with Crippen molar-refractivity contribution in [2.75, 3.05) is 0 Å². The van der Waals surface area contributed by atoms with Gasteiger partial charge in [-0.1, -0.05) is 0 Å². The summed E-state index contributed by atoms with van der Waals surface area (Å²) in [5.74, 6) is -0.00236. The van der Waals surface area contributed by atoms with Crippen molar-refractivity contribution in [2.45, 2.75) is 0 Å². The first-order valence-corrected chi connectivity index (χ1v) is 3.16. The van der Waals surface area contributed by atoms with E-state index in [0.29, 0.717) is 6.29 Å². The van der Waals surface area contributed by atoms with Crippen LogP contribution in [0.4, 0.5) is 0 Å². The Morgan fingerprint density at radius 3 is 2.58 bits per heavy atom. The highest BCUT2D eigenvalue weighted by atomic mass is 16.5. The van der Waals surface area contributed by atoms with Gasteiger partial charge in [0, 0.05) is 6.07 Å². The zero-order valence-electron chi connectivity index (χ0n) is 6.06. The first kappa shape index (κ1) is 8.26. The van der Waals surface area contributed by atoms with Crippen LogP contribution in [0.25, 0.3) is 0 Å². The maximum atomic E-state index is 10.2. The molecule has 0 fully saturated rings. The van der Waals surface area contributed by atoms with E-state index >= 15 is 0 Å². The van der Waals surface area contributed by atoms with Crippen molar-refractivity contribution >= 4 is 12.8 Å². The SMILES string of the molecule is O=COc1ccc(C=O)c(O)c1. The summed E-state index contributed by atoms with van der Waals surface area (Å²) in [4.78, 5) is 20.1. The number of hydrogen-bond donors (Lipinski definition) is 1. The number of benzene rings is 1. The third-order valence-corrected chi connectivity index (χ3v) is 1.31. The molecule has 0 heterocycles. The molecular weight excluding hydrogens is 160 g/mol. The number of aldehydes is 1. The summed E-state index contributed by atoms with van der Waals surface area (Å²) < 4.78 is 4.43. The molecule has 0 atom stereocenters. The monoisotopic (exact) mass is 166 g/mol. The molecule has 0 spiro atoms. The van der Waals surface area contributed by atoms with Gasteiger partial charge in [-0.15, -0.1) is 0 Å². The van der Waals surface area contributed by atoms with E-state index in [0.717, 1.165) is 0 Å². The standard InChI is InChI=1S/C8H6O4/c9-4-6-1-2-7(12-5-10)3-8(6)11/h1-5,11H. The Bertz CT molecular complexity index is 306. The largest absolute Gasteiger partial charge is 0.507 e. The molecule has 4 heteroatoms. The van der Waals surface area contributed by atoms with Crippen molar-refractivity contribution in [1.82, 2.24) is 0 Å². The third kappa shape index (κ3) is 1.60. The maximum absolute atomic E-state index is 10.2. The quantitative estimate of drug-likeness (QED) is 0.672. The average molecular weight is 166 g/mol. The lowest BCUT2D eigenvalue weighted by Gasteiger charge is -1.99. The van der Waals surface area contributed by atoms with Gasteiger partial charge >= 0.3 is 0 Å². The highest BCUT2D eigenvalue weighted by Gasteiger charge is 2.00. The fraction of sp³-hybridized carbons (Fsp3) is 0. The molecule has 4 nitrogen and oxygen atoms in total. The Morgan fingerprint density at radius 1 is 1.33 bits per heavy atom. The predicted octanol–water partition coefficient (Wildman–Crippen LogP) is 0.740. The number of hydrogen-bond acceptors (Lipinski definition) is 4. The van der Waals surface area contributed by atoms with Gasteiger partial charge < -0.3 is 9.84 Å². The molecule has 12 heavy (non-hydrogen) atoms. The van der Waals surface area contributed by atoms with Crippen LogP contribution in [0.3, 0.4) is 0 Å². The van der Waals surface area contributed by atoms with Crippen LogP contribution in [0.15, 0.2) is 18.2 Å². The summed E-state index contributed by atoms with van der Waals surface area (Å²) in [6.07, 6.45) is 0.514. The number of phenols is 1. The lowest BCUT2D eigenvalue weighted by atomic mass is 10.2. The van der Waals surface area contributed by atoms with Crippen LogP contribution in [-0.2, 0) is 4.79 Å². The molecule has 1 rings (SSSR count). The Labute approximate surface area is 68.4 Å². The van der Waals surface area contributed by atoms with Gasteiger partial charge in [-0.2, -0.15) is 0 Å². The van der Waals surface area contributed by atoms with Crippen LogP contribution in [0.2, 0.25) is 0 Å². The summed E-state index contributed by atoms with van der Waals surface area (Å²) in [7, 11) is 0. The summed E-state index contributed by atoms with van der Waals surface area (Å²) in [6, 6.07) is 3.97. The molecule has 0 aliphatic carbocycles. The molecule has 0 aromatic heterocycles. The molecule has 1 aromatic carbocycles. The van der Waals surface area contributed by atoms with Gasteiger partial charge in [0.25, 0.3) is 6.47 Å². The highest BCUT2D eigenvalue weighted by molar-refractivity contribution is 5.79. The smallest absolute Gasteiger partial charge is 0.298 e. The molecule has 0 radical (unpaired) electrons. The van der Waals surface area contributed by atoms with E-state index in [9.17, 15) is 9.59 Å². The van der Waals surface area contributed by atoms with Crippen molar-refractivity contribution in [1.29, 1.82) is 0 Å². The Balaban J connectivity index is 3.00. The second-order valence-corrected chi connectivity index (χ2v) is 2.05. The highest BCUT2D eigenvalue weighted by Crippen LogP contribution is 2.21. The third-order valence-electron chi connectivity index (χ3n) is 1.31. The molecule has 0 bridgehead atoms. The predicted molar refractivity (Wildman–Crippen MR) is 40.2 cm³/mol. The fourth-order valence-corrected chi connectivity index (χ4v) is 0.752. The second kappa shape index (κ2) is 3.52. The Morgan fingerprint density at radius 2 is 2.08 bits per heavy atom. The summed E-state index contributed by atoms with van der Waals surface area (Å²) in [5.41, 5.74) is 0.160. The van der Waals surface area contributed by atoms with Gasteiger partial charge in [0.15, 0.2) is 6.29 Å². The summed E-state index contributed by atoms with van der Waals surface area (Å²) in [6.45, 7) is 0.245. The van der Waals surface area contributed by atoms with Crippen LogP contribution in [-0.4, -0.2) is 17.9 Å². The summed E-state index contributed by atoms with van der Waals surface area (Å²) in [5, 5.41) is 9.09. The lowest BCUT2D eigenvalue weighted by Crippen LogP contribution is -1.89. The Kier molecular flexibility index (Phi) is 2.42. The molecule has 0 saturated heterocycles. The van der Waals surface area contributed by atoms with Crippen LogP contribution in [0, 0.1) is 0 Å². The average Bonchev–Trinajstić information content (AvgIpc) is 2.05. The van der Waals surface area contributed by atoms with E-state index < -0.39 is 0 Å². The minimum atomic E-state index is -0.204. The molecule has 0 aliphatic heterocycles. The number of phenolic OH excluding ortho intramolecular Hbond substituents is 1. The number of aromatic hydroxyl groups is 1. The van der Waals surface area contributed by atoms with Crippen molar-refractivity contribution in [3.8, 4) is 11.5 Å². The van der Waals surface area contributed by atoms with Gasteiger partial charge in [0.2, 0.25) is 0 Å². The molecule has 0 saturated carbocycles. The van der Waals surface area contributed by atoms with Gasteiger partial charge in [0.1, 0.15) is 11.5 Å². The van der Waals surface area contributed by atoms with Crippen LogP contribution in [0.1, 0.15) is 10.4 Å². The summed E-state index contributed by atoms with van der Waals surface area (Å²) >= 11 is 0. The van der Waals surface area contributed by atoms with E-state index in [4.69, 9.17) is 5.11 Å². The first-order chi connectivity index (χ1) is 5.77. The van der Waals surface area contributed by atoms with Gasteiger partial charge in [-0.25, -0.2) is 0 Å². The molecule has 1 aromatic rings. The molecule has 0 unspecified atom stereocenters. The minimum absolute atomic E-state index is 0.160. The van der Waals surface area contributed by atoms with Crippen molar-refractivity contribution < 1.29 is 19.4 Å². The number of carbonyl (C=O) groups is 2. The van der Waals surface area contributed by atoms with Crippen molar-refractivity contribution in [3.63, 3.8) is 0 Å². The second-order valence-electron chi connectivity index (χ2n) is 2.05. The van der Waals surface area contributed by atoms with E-state index in [1.807, 2.05) is 0 Å². The zero-order valence-corrected chi connectivity index (χ0v) is 6.06. The molecule has 0 aliphatic rings. The van der Waals surface area contributed by atoms with Crippen LogP contribution < -0.4 is 4.74 Å². The molecule has 62 valence electrons. The van der Waals surface area contributed by atoms with E-state index in [1.54, 1.807) is 0 Å². The fourth-order valence-electron chi connectivity index (χ4n) is 0.752. The number of rotatable bonds is 3. The zero-order chi connectivity index (χ0) is 8.97. The van der Waals surface area contributed by atoms with E-state index in [1.165, 1.54) is 18.2 Å². The topological polar surface area (TPSA) is 63.6 Å². The van der Waals surface area contributed by atoms with Crippen molar-refractivity contribution in [2.24, 2.45) is 0 Å². The minimum Gasteiger partial charge on any atom is -0.507 e. The van der Waals surface area contributed by atoms with Gasteiger partial charge in [-0.3, -0.25) is 9.59 Å². The molecule has 1 N–H and O–H groups in total. The number of carbonyl (C=O) groups excluding carboxylic acids is 2. The maximum Gasteiger partial charge on any atom is 0.298 e. The van der Waals surface area contributed by atoms with Gasteiger partial charge in [0.05, 0.1) is 5.56 Å². The molecule has 0 amide bonds. The van der Waals surface area contributed by atoms with Gasteiger partial charge in [-0.05, 0) is 12.1 Å². The first-order valence-electron chi connectivity index (χ1n) is 3.16. The van der Waals surface area contributed by atoms with Crippen LogP contribution >= 0.6 is 0 Å². The molecular formula is C8H6O4. The Hall–Kier alpha value is -1.84. The lowest BCUT2D eigenvalue weighted by molar-refractivity contribution is -0.120. The van der Waals surface area contributed by atoms with Crippen LogP contribution in [0.5, 0.6) is 11.5 Å². The number of ether oxygens (including phenoxy) is 1.